The lowest BCUT2D eigenvalue weighted by Crippen LogP contribution is -1.97. The van der Waals surface area contributed by atoms with Gasteiger partial charge in [-0.2, -0.15) is 0 Å². The number of benzene rings is 1. The monoisotopic (exact) mass is 299 g/mol. The van der Waals surface area contributed by atoms with E-state index in [-0.39, 0.29) is 0 Å². The number of nitrogen functional groups attached to an aromatic ring is 1. The maximum absolute atomic E-state index is 6.36. The van der Waals surface area contributed by atoms with Crippen molar-refractivity contribution in [2.75, 3.05) is 12.3 Å². The van der Waals surface area contributed by atoms with Crippen molar-refractivity contribution in [3.63, 3.8) is 0 Å². The first-order chi connectivity index (χ1) is 10.3. The van der Waals surface area contributed by atoms with Gasteiger partial charge in [0.05, 0.1) is 6.61 Å². The summed E-state index contributed by atoms with van der Waals surface area (Å²) in [4.78, 5) is 7.20. The number of anilines is 1. The zero-order valence-corrected chi connectivity index (χ0v) is 12.7. The Bertz CT molecular complexity index is 801. The molecule has 21 heavy (non-hydrogen) atoms. The average molecular weight is 299 g/mol. The Morgan fingerprint density at radius 3 is 2.86 bits per heavy atom. The maximum atomic E-state index is 6.36. The molecule has 108 valence electrons. The molecule has 1 aromatic carbocycles. The molecular weight excluding hydrogens is 282 g/mol. The molecule has 0 atom stereocenters. The topological polar surface area (TPSA) is 52.5 Å². The first-order valence-corrected chi connectivity index (χ1v) is 8.11. The van der Waals surface area contributed by atoms with Crippen LogP contribution in [-0.2, 0) is 12.8 Å². The van der Waals surface area contributed by atoms with Crippen molar-refractivity contribution >= 4 is 22.1 Å². The van der Waals surface area contributed by atoms with Gasteiger partial charge < -0.3 is 10.5 Å². The van der Waals surface area contributed by atoms with Gasteiger partial charge in [0.15, 0.2) is 4.96 Å². The van der Waals surface area contributed by atoms with Crippen molar-refractivity contribution in [3.05, 3.63) is 34.8 Å². The van der Waals surface area contributed by atoms with Gasteiger partial charge in [-0.1, -0.05) is 0 Å². The molecule has 0 bridgehead atoms. The molecule has 0 unspecified atom stereocenters. The predicted molar refractivity (Wildman–Crippen MR) is 86.1 cm³/mol. The van der Waals surface area contributed by atoms with Crippen LogP contribution in [0.15, 0.2) is 24.3 Å². The Morgan fingerprint density at radius 2 is 2.10 bits per heavy atom. The molecule has 1 aliphatic rings. The summed E-state index contributed by atoms with van der Waals surface area (Å²) >= 11 is 1.77. The summed E-state index contributed by atoms with van der Waals surface area (Å²) in [5, 5.41) is 0. The molecule has 4 nitrogen and oxygen atoms in total. The van der Waals surface area contributed by atoms with Crippen molar-refractivity contribution in [1.82, 2.24) is 9.38 Å². The largest absolute Gasteiger partial charge is 0.494 e. The van der Waals surface area contributed by atoms with Crippen LogP contribution in [0.25, 0.3) is 16.2 Å². The van der Waals surface area contributed by atoms with Gasteiger partial charge in [0.2, 0.25) is 0 Å². The van der Waals surface area contributed by atoms with E-state index in [1.54, 1.807) is 11.3 Å². The number of fused-ring (bicyclic) bond motifs is 3. The van der Waals surface area contributed by atoms with Crippen LogP contribution < -0.4 is 10.5 Å². The van der Waals surface area contributed by atoms with Crippen molar-refractivity contribution in [3.8, 4) is 17.0 Å². The molecule has 1 aliphatic carbocycles. The molecule has 2 heterocycles. The first kappa shape index (κ1) is 12.7. The summed E-state index contributed by atoms with van der Waals surface area (Å²) in [5.41, 5.74) is 9.63. The highest BCUT2D eigenvalue weighted by molar-refractivity contribution is 7.17. The minimum Gasteiger partial charge on any atom is -0.494 e. The molecule has 0 fully saturated rings. The van der Waals surface area contributed by atoms with Crippen LogP contribution in [0.4, 0.5) is 5.82 Å². The minimum atomic E-state index is 0.674. The zero-order valence-electron chi connectivity index (χ0n) is 11.9. The number of thiazole rings is 1. The molecular formula is C16H17N3OS. The number of imidazole rings is 1. The highest BCUT2D eigenvalue weighted by Crippen LogP contribution is 2.37. The molecule has 5 heteroatoms. The quantitative estimate of drug-likeness (QED) is 0.805. The molecule has 0 saturated heterocycles. The van der Waals surface area contributed by atoms with Crippen LogP contribution in [0.1, 0.15) is 23.9 Å². The number of ether oxygens (including phenoxy) is 1. The van der Waals surface area contributed by atoms with Crippen molar-refractivity contribution in [2.24, 2.45) is 0 Å². The lowest BCUT2D eigenvalue weighted by Gasteiger charge is -2.04. The summed E-state index contributed by atoms with van der Waals surface area (Å²) in [6.07, 6.45) is 3.51. The first-order valence-electron chi connectivity index (χ1n) is 7.29. The number of rotatable bonds is 3. The highest BCUT2D eigenvalue weighted by Gasteiger charge is 2.22. The van der Waals surface area contributed by atoms with Crippen molar-refractivity contribution < 1.29 is 4.74 Å². The molecule has 2 aromatic heterocycles. The molecule has 4 rings (SSSR count). The fraction of sp³-hybridized carbons (Fsp3) is 0.312. The lowest BCUT2D eigenvalue weighted by molar-refractivity contribution is 0.340. The highest BCUT2D eigenvalue weighted by atomic mass is 32.1. The standard InChI is InChI=1S/C16H17N3OS/c1-2-20-11-8-6-10(7-9-11)14-15(17)19-12-4-3-5-13(12)21-16(19)18-14/h6-9H,2-5,17H2,1H3. The Morgan fingerprint density at radius 1 is 1.29 bits per heavy atom. The third-order valence-corrected chi connectivity index (χ3v) is 5.09. The molecule has 2 N–H and O–H groups in total. The van der Waals surface area contributed by atoms with Crippen LogP contribution in [0, 0.1) is 0 Å². The van der Waals surface area contributed by atoms with Gasteiger partial charge >= 0.3 is 0 Å². The number of aryl methyl sites for hydroxylation is 2. The third kappa shape index (κ3) is 1.92. The second-order valence-electron chi connectivity index (χ2n) is 5.25. The van der Waals surface area contributed by atoms with Gasteiger partial charge in [-0.25, -0.2) is 4.98 Å². The van der Waals surface area contributed by atoms with E-state index < -0.39 is 0 Å². The van der Waals surface area contributed by atoms with Gasteiger partial charge in [0.1, 0.15) is 17.3 Å². The van der Waals surface area contributed by atoms with Gasteiger partial charge in [-0.3, -0.25) is 4.40 Å². The number of nitrogens with two attached hydrogens (primary N) is 1. The number of hydrogen-bond donors (Lipinski definition) is 1. The third-order valence-electron chi connectivity index (χ3n) is 3.94. The number of nitrogens with zero attached hydrogens (tertiary/aromatic N) is 2. The van der Waals surface area contributed by atoms with E-state index in [0.29, 0.717) is 6.61 Å². The Labute approximate surface area is 127 Å². The minimum absolute atomic E-state index is 0.674. The molecule has 0 radical (unpaired) electrons. The van der Waals surface area contributed by atoms with E-state index >= 15 is 0 Å². The lowest BCUT2D eigenvalue weighted by atomic mass is 10.1. The summed E-state index contributed by atoms with van der Waals surface area (Å²) in [6, 6.07) is 7.98. The number of hydrogen-bond acceptors (Lipinski definition) is 4. The zero-order chi connectivity index (χ0) is 14.4. The fourth-order valence-corrected chi connectivity index (χ4v) is 4.20. The van der Waals surface area contributed by atoms with Crippen LogP contribution in [0.3, 0.4) is 0 Å². The van der Waals surface area contributed by atoms with Crippen molar-refractivity contribution in [1.29, 1.82) is 0 Å². The van der Waals surface area contributed by atoms with E-state index in [1.165, 1.54) is 23.4 Å². The Kier molecular flexibility index (Phi) is 2.89. The van der Waals surface area contributed by atoms with Gasteiger partial charge in [-0.15, -0.1) is 11.3 Å². The summed E-state index contributed by atoms with van der Waals surface area (Å²) in [5.74, 6) is 1.63. The Balaban J connectivity index is 1.79. The molecule has 0 amide bonds. The van der Waals surface area contributed by atoms with Crippen molar-refractivity contribution in [2.45, 2.75) is 26.2 Å². The SMILES string of the molecule is CCOc1ccc(-c2nc3sc4c(n3c2N)CCC4)cc1. The molecule has 0 spiro atoms. The second-order valence-corrected chi connectivity index (χ2v) is 6.31. The second kappa shape index (κ2) is 4.77. The average Bonchev–Trinajstić information content (AvgIpc) is 3.12. The van der Waals surface area contributed by atoms with Crippen LogP contribution in [0.5, 0.6) is 5.75 Å². The van der Waals surface area contributed by atoms with Crippen LogP contribution in [-0.4, -0.2) is 16.0 Å². The summed E-state index contributed by atoms with van der Waals surface area (Å²) in [6.45, 7) is 2.66. The summed E-state index contributed by atoms with van der Waals surface area (Å²) in [7, 11) is 0. The van der Waals surface area contributed by atoms with Gasteiger partial charge in [-0.05, 0) is 50.5 Å². The summed E-state index contributed by atoms with van der Waals surface area (Å²) < 4.78 is 7.61. The molecule has 0 saturated carbocycles. The van der Waals surface area contributed by atoms with E-state index in [1.807, 2.05) is 31.2 Å². The fourth-order valence-electron chi connectivity index (χ4n) is 2.99. The number of aromatic nitrogens is 2. The Hall–Kier alpha value is -2.01. The van der Waals surface area contributed by atoms with E-state index in [0.717, 1.165) is 34.2 Å². The van der Waals surface area contributed by atoms with Crippen LogP contribution in [0.2, 0.25) is 0 Å². The van der Waals surface area contributed by atoms with E-state index in [4.69, 9.17) is 15.5 Å². The van der Waals surface area contributed by atoms with E-state index in [9.17, 15) is 0 Å². The maximum Gasteiger partial charge on any atom is 0.196 e. The normalized spacial score (nSPS) is 13.8. The van der Waals surface area contributed by atoms with Gasteiger partial charge in [0, 0.05) is 16.1 Å². The predicted octanol–water partition coefficient (Wildman–Crippen LogP) is 3.53. The van der Waals surface area contributed by atoms with Crippen LogP contribution >= 0.6 is 11.3 Å². The van der Waals surface area contributed by atoms with E-state index in [2.05, 4.69) is 4.40 Å². The molecule has 0 aliphatic heterocycles. The smallest absolute Gasteiger partial charge is 0.196 e. The molecule has 3 aromatic rings. The van der Waals surface area contributed by atoms with Gasteiger partial charge in [0.25, 0.3) is 0 Å².